The van der Waals surface area contributed by atoms with Gasteiger partial charge in [0.05, 0.1) is 10.6 Å². The Hall–Kier alpha value is -3.20. The first-order valence-corrected chi connectivity index (χ1v) is 8.53. The lowest BCUT2D eigenvalue weighted by atomic mass is 10.2. The molecule has 0 bridgehead atoms. The van der Waals surface area contributed by atoms with E-state index < -0.39 is 16.1 Å². The number of carbonyl (C=O) groups excluding carboxylic acids is 2. The summed E-state index contributed by atoms with van der Waals surface area (Å²) >= 11 is 0.991. The molecule has 1 aliphatic rings. The Morgan fingerprint density at radius 1 is 1.19 bits per heavy atom. The molecule has 2 amide bonds. The summed E-state index contributed by atoms with van der Waals surface area (Å²) in [5.41, 5.74) is 0.425. The maximum atomic E-state index is 12.6. The van der Waals surface area contributed by atoms with Crippen molar-refractivity contribution >= 4 is 45.8 Å². The fourth-order valence-corrected chi connectivity index (χ4v) is 3.55. The van der Waals surface area contributed by atoms with Crippen LogP contribution in [0.3, 0.4) is 0 Å². The minimum Gasteiger partial charge on any atom is -0.320 e. The number of amidine groups is 1. The molecule has 0 aliphatic carbocycles. The number of rotatable bonds is 5. The van der Waals surface area contributed by atoms with Crippen molar-refractivity contribution in [1.29, 1.82) is 5.41 Å². The lowest BCUT2D eigenvalue weighted by Crippen LogP contribution is -2.33. The number of benzene rings is 2. The summed E-state index contributed by atoms with van der Waals surface area (Å²) in [5, 5.41) is 20.8. The second kappa shape index (κ2) is 7.36. The minimum absolute atomic E-state index is 0.0460. The molecule has 1 atom stereocenters. The highest BCUT2D eigenvalue weighted by Crippen LogP contribution is 2.33. The number of nitrogens with one attached hydrogen (secondary N) is 2. The number of nitro groups is 1. The number of hydrogen-bond donors (Lipinski definition) is 2. The van der Waals surface area contributed by atoms with E-state index in [-0.39, 0.29) is 28.9 Å². The van der Waals surface area contributed by atoms with Gasteiger partial charge in [0.15, 0.2) is 5.17 Å². The third-order valence-electron chi connectivity index (χ3n) is 3.71. The Bertz CT molecular complexity index is 887. The molecular weight excluding hydrogens is 356 g/mol. The number of anilines is 2. The summed E-state index contributed by atoms with van der Waals surface area (Å²) in [4.78, 5) is 36.5. The quantitative estimate of drug-likeness (QED) is 0.620. The van der Waals surface area contributed by atoms with Gasteiger partial charge in [0.2, 0.25) is 11.8 Å². The van der Waals surface area contributed by atoms with Gasteiger partial charge in [-0.2, -0.15) is 0 Å². The number of thioether (sulfide) groups is 1. The van der Waals surface area contributed by atoms with Crippen LogP contribution in [0.15, 0.2) is 54.6 Å². The van der Waals surface area contributed by atoms with E-state index in [9.17, 15) is 19.7 Å². The van der Waals surface area contributed by atoms with Gasteiger partial charge in [0, 0.05) is 12.5 Å². The molecule has 1 fully saturated rings. The lowest BCUT2D eigenvalue weighted by molar-refractivity contribution is -0.383. The van der Waals surface area contributed by atoms with Gasteiger partial charge in [0.1, 0.15) is 10.9 Å². The molecule has 0 saturated carbocycles. The number of amides is 2. The highest BCUT2D eigenvalue weighted by atomic mass is 32.2. The Balaban J connectivity index is 1.70. The largest absolute Gasteiger partial charge is 0.320 e. The second-order valence-corrected chi connectivity index (χ2v) is 6.64. The van der Waals surface area contributed by atoms with Crippen LogP contribution in [0.2, 0.25) is 0 Å². The van der Waals surface area contributed by atoms with Crippen LogP contribution in [-0.2, 0) is 9.59 Å². The van der Waals surface area contributed by atoms with Crippen LogP contribution in [0.1, 0.15) is 6.42 Å². The van der Waals surface area contributed by atoms with E-state index in [1.807, 2.05) is 0 Å². The van der Waals surface area contributed by atoms with E-state index in [4.69, 9.17) is 5.41 Å². The molecule has 8 nitrogen and oxygen atoms in total. The molecule has 2 aromatic carbocycles. The number of nitrogens with zero attached hydrogens (tertiary/aromatic N) is 2. The smallest absolute Gasteiger partial charge is 0.292 e. The van der Waals surface area contributed by atoms with Gasteiger partial charge in [-0.3, -0.25) is 30.0 Å². The summed E-state index contributed by atoms with van der Waals surface area (Å²) < 4.78 is 0. The molecule has 1 saturated heterocycles. The van der Waals surface area contributed by atoms with Crippen molar-refractivity contribution in [2.75, 3.05) is 10.2 Å². The molecule has 26 heavy (non-hydrogen) atoms. The molecule has 0 aromatic heterocycles. The average molecular weight is 370 g/mol. The summed E-state index contributed by atoms with van der Waals surface area (Å²) in [7, 11) is 0. The van der Waals surface area contributed by atoms with Crippen molar-refractivity contribution in [3.8, 4) is 0 Å². The Labute approximate surface area is 152 Å². The first-order valence-electron chi connectivity index (χ1n) is 7.65. The third kappa shape index (κ3) is 3.57. The molecule has 1 aliphatic heterocycles. The van der Waals surface area contributed by atoms with Crippen LogP contribution in [0.5, 0.6) is 0 Å². The predicted molar refractivity (Wildman–Crippen MR) is 99.4 cm³/mol. The maximum absolute atomic E-state index is 12.6. The number of hydrogen-bond acceptors (Lipinski definition) is 6. The monoisotopic (exact) mass is 370 g/mol. The van der Waals surface area contributed by atoms with Gasteiger partial charge in [-0.15, -0.1) is 0 Å². The van der Waals surface area contributed by atoms with Crippen molar-refractivity contribution in [2.45, 2.75) is 11.7 Å². The zero-order valence-corrected chi connectivity index (χ0v) is 14.2. The van der Waals surface area contributed by atoms with Crippen molar-refractivity contribution in [2.24, 2.45) is 0 Å². The molecule has 1 heterocycles. The molecular formula is C17H14N4O4S. The normalized spacial score (nSPS) is 16.6. The molecule has 132 valence electrons. The van der Waals surface area contributed by atoms with Gasteiger partial charge in [-0.25, -0.2) is 0 Å². The van der Waals surface area contributed by atoms with Gasteiger partial charge in [0.25, 0.3) is 5.69 Å². The van der Waals surface area contributed by atoms with E-state index in [1.54, 1.807) is 36.4 Å². The van der Waals surface area contributed by atoms with Gasteiger partial charge in [-0.05, 0) is 18.2 Å². The Morgan fingerprint density at radius 2 is 1.85 bits per heavy atom. The van der Waals surface area contributed by atoms with E-state index in [0.29, 0.717) is 5.69 Å². The Kier molecular flexibility index (Phi) is 4.99. The van der Waals surface area contributed by atoms with Crippen molar-refractivity contribution in [3.05, 3.63) is 64.7 Å². The van der Waals surface area contributed by atoms with E-state index in [2.05, 4.69) is 5.32 Å². The Morgan fingerprint density at radius 3 is 2.54 bits per heavy atom. The van der Waals surface area contributed by atoms with Crippen LogP contribution in [0, 0.1) is 15.5 Å². The maximum Gasteiger partial charge on any atom is 0.292 e. The summed E-state index contributed by atoms with van der Waals surface area (Å²) in [6.07, 6.45) is -0.179. The molecule has 0 unspecified atom stereocenters. The van der Waals surface area contributed by atoms with Gasteiger partial charge >= 0.3 is 0 Å². The van der Waals surface area contributed by atoms with Crippen LogP contribution >= 0.6 is 11.8 Å². The molecule has 9 heteroatoms. The first-order chi connectivity index (χ1) is 12.5. The molecule has 3 rings (SSSR count). The van der Waals surface area contributed by atoms with Crippen molar-refractivity contribution < 1.29 is 14.5 Å². The minimum atomic E-state index is -0.745. The number of para-hydroxylation sites is 3. The van der Waals surface area contributed by atoms with Crippen molar-refractivity contribution in [1.82, 2.24) is 0 Å². The summed E-state index contributed by atoms with van der Waals surface area (Å²) in [6, 6.07) is 14.5. The van der Waals surface area contributed by atoms with Gasteiger partial charge < -0.3 is 5.32 Å². The fraction of sp³-hybridized carbons (Fsp3) is 0.118. The zero-order valence-electron chi connectivity index (χ0n) is 13.4. The van der Waals surface area contributed by atoms with Crippen LogP contribution in [-0.4, -0.2) is 27.2 Å². The number of carbonyl (C=O) groups is 2. The predicted octanol–water partition coefficient (Wildman–Crippen LogP) is 3.01. The van der Waals surface area contributed by atoms with E-state index in [1.165, 1.54) is 23.1 Å². The topological polar surface area (TPSA) is 116 Å². The van der Waals surface area contributed by atoms with Crippen LogP contribution in [0.25, 0.3) is 0 Å². The first kappa shape index (κ1) is 17.6. The second-order valence-electron chi connectivity index (χ2n) is 5.45. The van der Waals surface area contributed by atoms with Gasteiger partial charge in [-0.1, -0.05) is 42.1 Å². The highest BCUT2D eigenvalue weighted by molar-refractivity contribution is 8.16. The number of nitro benzene ring substituents is 1. The average Bonchev–Trinajstić information content (AvgIpc) is 2.89. The highest BCUT2D eigenvalue weighted by Gasteiger charge is 2.39. The summed E-state index contributed by atoms with van der Waals surface area (Å²) in [5.74, 6) is -0.878. The standard InChI is InChI=1S/C17H14N4O4S/c18-17-20(11-6-2-1-3-7-11)16(23)14(26-17)10-15(22)19-12-8-4-5-9-13(12)21(24)25/h1-9,14,18H,10H2,(H,19,22)/t14-/m1/s1. The lowest BCUT2D eigenvalue weighted by Gasteiger charge is -2.15. The van der Waals surface area contributed by atoms with Crippen LogP contribution in [0.4, 0.5) is 17.1 Å². The summed E-state index contributed by atoms with van der Waals surface area (Å²) in [6.45, 7) is 0. The van der Waals surface area contributed by atoms with E-state index >= 15 is 0 Å². The van der Waals surface area contributed by atoms with Crippen molar-refractivity contribution in [3.63, 3.8) is 0 Å². The molecule has 0 radical (unpaired) electrons. The molecule has 2 aromatic rings. The molecule has 0 spiro atoms. The molecule has 2 N–H and O–H groups in total. The van der Waals surface area contributed by atoms with Crippen LogP contribution < -0.4 is 10.2 Å². The fourth-order valence-electron chi connectivity index (χ4n) is 2.54. The van der Waals surface area contributed by atoms with E-state index in [0.717, 1.165) is 11.8 Å². The zero-order chi connectivity index (χ0) is 18.7. The third-order valence-corrected chi connectivity index (χ3v) is 4.77. The SMILES string of the molecule is N=C1S[C@H](CC(=O)Nc2ccccc2[N+](=O)[O-])C(=O)N1c1ccccc1.